The first-order valence-electron chi connectivity index (χ1n) is 6.29. The molecule has 0 bridgehead atoms. The van der Waals surface area contributed by atoms with Gasteiger partial charge < -0.3 is 4.79 Å². The van der Waals surface area contributed by atoms with E-state index >= 15 is 0 Å². The van der Waals surface area contributed by atoms with Crippen molar-refractivity contribution in [2.45, 2.75) is 50.8 Å². The number of carbonyl (C=O) groups is 1. The molecule has 0 aliphatic heterocycles. The van der Waals surface area contributed by atoms with Gasteiger partial charge in [-0.2, -0.15) is 0 Å². The second kappa shape index (κ2) is 6.28. The van der Waals surface area contributed by atoms with Crippen LogP contribution < -0.4 is 0 Å². The standard InChI is InChI=1S/C15H22O2S/c1-12(16)6-5-11-18(17)14-9-7-13(8-10-14)15(2,3)4/h7-10H,5-6,11H2,1-4H3. The van der Waals surface area contributed by atoms with E-state index in [9.17, 15) is 9.00 Å². The molecule has 100 valence electrons. The lowest BCUT2D eigenvalue weighted by Gasteiger charge is -2.19. The second-order valence-corrected chi connectivity index (χ2v) is 7.20. The van der Waals surface area contributed by atoms with Crippen LogP contribution >= 0.6 is 0 Å². The van der Waals surface area contributed by atoms with Crippen molar-refractivity contribution in [1.82, 2.24) is 0 Å². The van der Waals surface area contributed by atoms with Crippen LogP contribution in [0.2, 0.25) is 0 Å². The monoisotopic (exact) mass is 266 g/mol. The number of carbonyl (C=O) groups excluding carboxylic acids is 1. The predicted octanol–water partition coefficient (Wildman–Crippen LogP) is 3.46. The maximum Gasteiger partial charge on any atom is 0.129 e. The first-order chi connectivity index (χ1) is 8.30. The Bertz CT molecular complexity index is 427. The fourth-order valence-electron chi connectivity index (χ4n) is 1.68. The first kappa shape index (κ1) is 15.1. The van der Waals surface area contributed by atoms with Gasteiger partial charge in [-0.1, -0.05) is 32.9 Å². The smallest absolute Gasteiger partial charge is 0.129 e. The first-order valence-corrected chi connectivity index (χ1v) is 7.61. The van der Waals surface area contributed by atoms with Gasteiger partial charge in [0.05, 0.1) is 10.8 Å². The highest BCUT2D eigenvalue weighted by Gasteiger charge is 2.13. The lowest BCUT2D eigenvalue weighted by Crippen LogP contribution is -2.11. The average molecular weight is 266 g/mol. The third kappa shape index (κ3) is 4.73. The average Bonchev–Trinajstić information content (AvgIpc) is 2.27. The third-order valence-electron chi connectivity index (χ3n) is 2.84. The molecule has 0 fully saturated rings. The molecular formula is C15H22O2S. The van der Waals surface area contributed by atoms with E-state index in [0.717, 1.165) is 4.90 Å². The molecule has 0 aliphatic rings. The Morgan fingerprint density at radius 2 is 1.72 bits per heavy atom. The summed E-state index contributed by atoms with van der Waals surface area (Å²) in [4.78, 5) is 11.7. The molecule has 0 amide bonds. The summed E-state index contributed by atoms with van der Waals surface area (Å²) in [5, 5.41) is 0. The van der Waals surface area contributed by atoms with Gasteiger partial charge in [-0.15, -0.1) is 0 Å². The minimum Gasteiger partial charge on any atom is -0.300 e. The van der Waals surface area contributed by atoms with Crippen molar-refractivity contribution in [3.8, 4) is 0 Å². The van der Waals surface area contributed by atoms with Gasteiger partial charge in [0.2, 0.25) is 0 Å². The molecule has 0 saturated heterocycles. The molecule has 1 unspecified atom stereocenters. The maximum absolute atomic E-state index is 12.0. The number of rotatable bonds is 5. The van der Waals surface area contributed by atoms with Crippen LogP contribution in [0.3, 0.4) is 0 Å². The van der Waals surface area contributed by atoms with Crippen LogP contribution in [0, 0.1) is 0 Å². The number of hydrogen-bond acceptors (Lipinski definition) is 2. The van der Waals surface area contributed by atoms with Crippen LogP contribution in [0.5, 0.6) is 0 Å². The third-order valence-corrected chi connectivity index (χ3v) is 4.30. The Labute approximate surface area is 112 Å². The second-order valence-electron chi connectivity index (χ2n) is 5.63. The van der Waals surface area contributed by atoms with Crippen LogP contribution in [0.15, 0.2) is 29.2 Å². The molecule has 0 N–H and O–H groups in total. The van der Waals surface area contributed by atoms with Crippen molar-refractivity contribution >= 4 is 16.6 Å². The predicted molar refractivity (Wildman–Crippen MR) is 76.3 cm³/mol. The quantitative estimate of drug-likeness (QED) is 0.818. The lowest BCUT2D eigenvalue weighted by molar-refractivity contribution is -0.117. The molecule has 0 heterocycles. The number of benzene rings is 1. The Balaban J connectivity index is 2.62. The molecule has 1 aromatic carbocycles. The van der Waals surface area contributed by atoms with Gasteiger partial charge in [0.25, 0.3) is 0 Å². The van der Waals surface area contributed by atoms with E-state index < -0.39 is 10.8 Å². The summed E-state index contributed by atoms with van der Waals surface area (Å²) in [7, 11) is -0.987. The summed E-state index contributed by atoms with van der Waals surface area (Å²) in [5.41, 5.74) is 1.36. The van der Waals surface area contributed by atoms with Crippen LogP contribution in [-0.4, -0.2) is 15.7 Å². The lowest BCUT2D eigenvalue weighted by atomic mass is 9.87. The highest BCUT2D eigenvalue weighted by Crippen LogP contribution is 2.23. The minimum atomic E-state index is -0.987. The fourth-order valence-corrected chi connectivity index (χ4v) is 2.76. The van der Waals surface area contributed by atoms with Crippen LogP contribution in [-0.2, 0) is 21.0 Å². The summed E-state index contributed by atoms with van der Waals surface area (Å²) in [5.74, 6) is 0.726. The molecule has 0 radical (unpaired) electrons. The van der Waals surface area contributed by atoms with E-state index in [1.54, 1.807) is 6.92 Å². The van der Waals surface area contributed by atoms with Gasteiger partial charge in [-0.3, -0.25) is 4.21 Å². The van der Waals surface area contributed by atoms with Gasteiger partial charge >= 0.3 is 0 Å². The summed E-state index contributed by atoms with van der Waals surface area (Å²) in [6, 6.07) is 7.95. The summed E-state index contributed by atoms with van der Waals surface area (Å²) >= 11 is 0. The molecule has 0 saturated carbocycles. The number of ketones is 1. The van der Waals surface area contributed by atoms with E-state index in [-0.39, 0.29) is 11.2 Å². The normalized spacial score (nSPS) is 13.3. The zero-order valence-electron chi connectivity index (χ0n) is 11.7. The highest BCUT2D eigenvalue weighted by molar-refractivity contribution is 7.85. The van der Waals surface area contributed by atoms with E-state index in [0.29, 0.717) is 18.6 Å². The van der Waals surface area contributed by atoms with Gasteiger partial charge in [0.15, 0.2) is 0 Å². The van der Waals surface area contributed by atoms with Gasteiger partial charge in [0.1, 0.15) is 5.78 Å². The van der Waals surface area contributed by atoms with Gasteiger partial charge in [-0.05, 0) is 36.5 Å². The molecule has 1 rings (SSSR count). The topological polar surface area (TPSA) is 34.1 Å². The van der Waals surface area contributed by atoms with E-state index in [1.165, 1.54) is 5.56 Å². The molecule has 0 aliphatic carbocycles. The molecular weight excluding hydrogens is 244 g/mol. The summed E-state index contributed by atoms with van der Waals surface area (Å²) in [6.07, 6.45) is 1.22. The van der Waals surface area contributed by atoms with Crippen molar-refractivity contribution in [2.75, 3.05) is 5.75 Å². The zero-order valence-corrected chi connectivity index (χ0v) is 12.5. The molecule has 1 aromatic rings. The van der Waals surface area contributed by atoms with Crippen molar-refractivity contribution in [2.24, 2.45) is 0 Å². The van der Waals surface area contributed by atoms with Crippen LogP contribution in [0.25, 0.3) is 0 Å². The maximum atomic E-state index is 12.0. The Morgan fingerprint density at radius 3 is 2.17 bits per heavy atom. The SMILES string of the molecule is CC(=O)CCCS(=O)c1ccc(C(C)(C)C)cc1. The van der Waals surface area contributed by atoms with Crippen molar-refractivity contribution in [3.05, 3.63) is 29.8 Å². The van der Waals surface area contributed by atoms with E-state index in [4.69, 9.17) is 0 Å². The molecule has 1 atom stereocenters. The number of hydrogen-bond donors (Lipinski definition) is 0. The molecule has 3 heteroatoms. The zero-order chi connectivity index (χ0) is 13.8. The molecule has 0 spiro atoms. The Morgan fingerprint density at radius 1 is 1.17 bits per heavy atom. The molecule has 2 nitrogen and oxygen atoms in total. The largest absolute Gasteiger partial charge is 0.300 e. The minimum absolute atomic E-state index is 0.120. The Kier molecular flexibility index (Phi) is 5.27. The van der Waals surface area contributed by atoms with Crippen molar-refractivity contribution < 1.29 is 9.00 Å². The molecule has 0 aromatic heterocycles. The van der Waals surface area contributed by atoms with E-state index in [1.807, 2.05) is 24.3 Å². The fraction of sp³-hybridized carbons (Fsp3) is 0.533. The van der Waals surface area contributed by atoms with Gasteiger partial charge in [0, 0.05) is 17.1 Å². The summed E-state index contributed by atoms with van der Waals surface area (Å²) in [6.45, 7) is 8.05. The van der Waals surface area contributed by atoms with Crippen molar-refractivity contribution in [1.29, 1.82) is 0 Å². The van der Waals surface area contributed by atoms with E-state index in [2.05, 4.69) is 20.8 Å². The van der Waals surface area contributed by atoms with Gasteiger partial charge in [-0.25, -0.2) is 0 Å². The number of Topliss-reactive ketones (excluding diaryl/α,β-unsaturated/α-hetero) is 1. The highest BCUT2D eigenvalue weighted by atomic mass is 32.2. The summed E-state index contributed by atoms with van der Waals surface area (Å²) < 4.78 is 12.0. The van der Waals surface area contributed by atoms with Crippen molar-refractivity contribution in [3.63, 3.8) is 0 Å². The van der Waals surface area contributed by atoms with Crippen LogP contribution in [0.4, 0.5) is 0 Å². The Hall–Kier alpha value is -0.960. The van der Waals surface area contributed by atoms with Crippen LogP contribution in [0.1, 0.15) is 46.1 Å². The molecule has 18 heavy (non-hydrogen) atoms.